The summed E-state index contributed by atoms with van der Waals surface area (Å²) >= 11 is 0. The van der Waals surface area contributed by atoms with Crippen molar-refractivity contribution in [1.29, 1.82) is 0 Å². The minimum atomic E-state index is -1.79. The molecule has 1 heterocycles. The van der Waals surface area contributed by atoms with Crippen molar-refractivity contribution in [2.75, 3.05) is 26.3 Å². The van der Waals surface area contributed by atoms with Gasteiger partial charge in [-0.05, 0) is 92.9 Å². The number of ether oxygens (including phenoxy) is 2. The molecular formula is C46H78N12O17. The zero-order chi connectivity index (χ0) is 57.4. The van der Waals surface area contributed by atoms with E-state index >= 15 is 0 Å². The number of nitrogens with one attached hydrogen (secondary N) is 10. The fourth-order valence-corrected chi connectivity index (χ4v) is 6.77. The van der Waals surface area contributed by atoms with Gasteiger partial charge in [-0.1, -0.05) is 13.8 Å². The van der Waals surface area contributed by atoms with E-state index in [2.05, 4.69) is 53.2 Å². The number of primary amides is 2. The van der Waals surface area contributed by atoms with E-state index < -0.39 is 170 Å². The average Bonchev–Trinajstić information content (AvgIpc) is 3.73. The van der Waals surface area contributed by atoms with Crippen LogP contribution < -0.4 is 64.6 Å². The standard InChI is InChI=1S/C46H78N12O17/c1-23(2)18-28(37(66)50-20-35(64)53-30(21-59)41(70)57-29(19-33(48)62)43(72)74-45(4,5)6)56-40(69)27(13-15-32(47)61)55-42(71)31(22-60)58-39(68)25(12-10-11-17-49-44(73)75-46(7,8)9)54-36(65)24(3)51-38(67)26-14-16-34(63)52-26/h23-31,59-60H,10-22H2,1-9H3,(H2,47,61)(H2,48,62)(H,49,73)(H,50,66)(H,51,67)(H,52,63)(H,53,64)(H,54,65)(H,55,71)(H,56,69)(H,57,70)(H,58,68)/t24-,25-,26-,27-,28+,29-,30-,31-/m0/s1. The molecule has 16 N–H and O–H groups in total. The molecule has 0 saturated carbocycles. The van der Waals surface area contributed by atoms with E-state index in [-0.39, 0.29) is 56.9 Å². The number of aliphatic hydroxyl groups is 2. The first-order valence-corrected chi connectivity index (χ1v) is 24.4. The second-order valence-electron chi connectivity index (χ2n) is 20.2. The molecule has 0 radical (unpaired) electrons. The number of esters is 1. The summed E-state index contributed by atoms with van der Waals surface area (Å²) in [4.78, 5) is 166. The van der Waals surface area contributed by atoms with Crippen LogP contribution in [0.15, 0.2) is 0 Å². The summed E-state index contributed by atoms with van der Waals surface area (Å²) in [6, 6.07) is -11.6. The monoisotopic (exact) mass is 1070 g/mol. The largest absolute Gasteiger partial charge is 0.458 e. The van der Waals surface area contributed by atoms with Crippen LogP contribution in [0, 0.1) is 5.92 Å². The number of rotatable bonds is 31. The maximum atomic E-state index is 13.8. The number of carbonyl (C=O) groups excluding carboxylic acids is 13. The molecule has 29 nitrogen and oxygen atoms in total. The molecule has 1 fully saturated rings. The van der Waals surface area contributed by atoms with Crippen molar-refractivity contribution in [2.45, 2.75) is 180 Å². The molecule has 0 spiro atoms. The maximum absolute atomic E-state index is 13.8. The van der Waals surface area contributed by atoms with E-state index in [0.29, 0.717) is 0 Å². The molecule has 424 valence electrons. The second kappa shape index (κ2) is 31.5. The highest BCUT2D eigenvalue weighted by molar-refractivity contribution is 5.98. The highest BCUT2D eigenvalue weighted by Gasteiger charge is 2.35. The predicted molar refractivity (Wildman–Crippen MR) is 263 cm³/mol. The Labute approximate surface area is 434 Å². The Morgan fingerprint density at radius 1 is 0.613 bits per heavy atom. The topological polar surface area (TPSA) is 453 Å². The molecule has 75 heavy (non-hydrogen) atoms. The Hall–Kier alpha value is -7.17. The summed E-state index contributed by atoms with van der Waals surface area (Å²) in [6.07, 6.45) is -1.64. The highest BCUT2D eigenvalue weighted by atomic mass is 16.6. The molecule has 0 aliphatic carbocycles. The summed E-state index contributed by atoms with van der Waals surface area (Å²) in [6.45, 7) is 11.6. The molecule has 1 aliphatic heterocycles. The molecule has 0 aromatic rings. The quantitative estimate of drug-likeness (QED) is 0.0228. The van der Waals surface area contributed by atoms with Crippen molar-refractivity contribution in [1.82, 2.24) is 53.2 Å². The number of hydrogen-bond acceptors (Lipinski definition) is 17. The van der Waals surface area contributed by atoms with Gasteiger partial charge in [0.15, 0.2) is 0 Å². The van der Waals surface area contributed by atoms with Crippen molar-refractivity contribution < 1.29 is 82.0 Å². The van der Waals surface area contributed by atoms with Crippen LogP contribution >= 0.6 is 0 Å². The fraction of sp³-hybridized carbons (Fsp3) is 0.717. The van der Waals surface area contributed by atoms with Gasteiger partial charge in [0, 0.05) is 19.4 Å². The zero-order valence-corrected chi connectivity index (χ0v) is 44.1. The number of nitrogens with two attached hydrogens (primary N) is 2. The third kappa shape index (κ3) is 27.1. The van der Waals surface area contributed by atoms with E-state index in [9.17, 15) is 72.5 Å². The van der Waals surface area contributed by atoms with Crippen LogP contribution in [0.4, 0.5) is 4.79 Å². The maximum Gasteiger partial charge on any atom is 0.407 e. The third-order valence-corrected chi connectivity index (χ3v) is 10.4. The summed E-state index contributed by atoms with van der Waals surface area (Å²) < 4.78 is 10.4. The first-order chi connectivity index (χ1) is 34.7. The van der Waals surface area contributed by atoms with Crippen molar-refractivity contribution >= 4 is 77.0 Å². The van der Waals surface area contributed by atoms with Gasteiger partial charge in [0.1, 0.15) is 59.5 Å². The Balaban J connectivity index is 3.20. The SMILES string of the molecule is CC(C)C[C@@H](NC(=O)[C@H](CCC(N)=O)NC(=O)[C@H](CO)NC(=O)[C@H](CCCCNC(=O)OC(C)(C)C)NC(=O)[C@H](C)NC(=O)[C@@H]1CCC(=O)N1)C(=O)NCC(=O)N[C@@H](CO)C(=O)N[C@@H](CC(N)=O)C(=O)OC(C)(C)C. The lowest BCUT2D eigenvalue weighted by atomic mass is 10.0. The van der Waals surface area contributed by atoms with E-state index in [0.717, 1.165) is 0 Å². The van der Waals surface area contributed by atoms with Crippen molar-refractivity contribution in [3.63, 3.8) is 0 Å². The van der Waals surface area contributed by atoms with Gasteiger partial charge >= 0.3 is 12.1 Å². The van der Waals surface area contributed by atoms with Crippen LogP contribution in [-0.2, 0) is 67.0 Å². The Kier molecular flexibility index (Phi) is 27.7. The van der Waals surface area contributed by atoms with Gasteiger partial charge in [-0.2, -0.15) is 0 Å². The number of alkyl carbamates (subject to hydrolysis) is 1. The molecule has 1 rings (SSSR count). The molecule has 1 aliphatic rings. The molecule has 1 saturated heterocycles. The van der Waals surface area contributed by atoms with Gasteiger partial charge < -0.3 is 84.3 Å². The molecule has 0 aromatic heterocycles. The van der Waals surface area contributed by atoms with Crippen LogP contribution in [0.25, 0.3) is 0 Å². The molecule has 0 aromatic carbocycles. The van der Waals surface area contributed by atoms with Crippen LogP contribution in [0.2, 0.25) is 0 Å². The molecule has 8 atom stereocenters. The Bertz CT molecular complexity index is 2060. The smallest absolute Gasteiger partial charge is 0.407 e. The van der Waals surface area contributed by atoms with Gasteiger partial charge in [-0.3, -0.25) is 52.7 Å². The minimum Gasteiger partial charge on any atom is -0.458 e. The van der Waals surface area contributed by atoms with Crippen molar-refractivity contribution in [3.8, 4) is 0 Å². The van der Waals surface area contributed by atoms with E-state index in [1.165, 1.54) is 27.7 Å². The molecule has 0 unspecified atom stereocenters. The van der Waals surface area contributed by atoms with Gasteiger partial charge in [0.25, 0.3) is 0 Å². The lowest BCUT2D eigenvalue weighted by molar-refractivity contribution is -0.159. The van der Waals surface area contributed by atoms with Crippen LogP contribution in [0.1, 0.15) is 120 Å². The summed E-state index contributed by atoms with van der Waals surface area (Å²) in [7, 11) is 0. The van der Waals surface area contributed by atoms with E-state index in [1.54, 1.807) is 34.6 Å². The number of amides is 12. The number of hydrogen-bond donors (Lipinski definition) is 14. The lowest BCUT2D eigenvalue weighted by Crippen LogP contribution is -2.60. The zero-order valence-electron chi connectivity index (χ0n) is 44.1. The van der Waals surface area contributed by atoms with Crippen LogP contribution in [-0.4, -0.2) is 173 Å². The van der Waals surface area contributed by atoms with E-state index in [4.69, 9.17) is 20.9 Å². The normalized spacial score (nSPS) is 16.1. The first kappa shape index (κ1) is 65.8. The van der Waals surface area contributed by atoms with Gasteiger partial charge in [-0.15, -0.1) is 0 Å². The number of aliphatic hydroxyl groups excluding tert-OH is 2. The molecule has 0 bridgehead atoms. The van der Waals surface area contributed by atoms with Gasteiger partial charge in [0.2, 0.25) is 65.0 Å². The van der Waals surface area contributed by atoms with Crippen LogP contribution in [0.3, 0.4) is 0 Å². The van der Waals surface area contributed by atoms with Crippen molar-refractivity contribution in [2.24, 2.45) is 17.4 Å². The van der Waals surface area contributed by atoms with Gasteiger partial charge in [0.05, 0.1) is 26.2 Å². The average molecular weight is 1070 g/mol. The Morgan fingerprint density at radius 2 is 1.12 bits per heavy atom. The number of carbonyl (C=O) groups is 13. The van der Waals surface area contributed by atoms with E-state index in [1.807, 2.05) is 0 Å². The predicted octanol–water partition coefficient (Wildman–Crippen LogP) is -5.00. The number of unbranched alkanes of at least 4 members (excludes halogenated alkanes) is 1. The summed E-state index contributed by atoms with van der Waals surface area (Å²) in [5.41, 5.74) is 8.78. The molecular weight excluding hydrogens is 993 g/mol. The van der Waals surface area contributed by atoms with Gasteiger partial charge in [-0.25, -0.2) is 9.59 Å². The summed E-state index contributed by atoms with van der Waals surface area (Å²) in [5.74, 6) is -11.2. The van der Waals surface area contributed by atoms with Crippen molar-refractivity contribution in [3.05, 3.63) is 0 Å². The second-order valence-corrected chi connectivity index (χ2v) is 20.2. The molecule has 29 heteroatoms. The molecule has 12 amide bonds. The summed E-state index contributed by atoms with van der Waals surface area (Å²) in [5, 5.41) is 43.9. The highest BCUT2D eigenvalue weighted by Crippen LogP contribution is 2.12. The van der Waals surface area contributed by atoms with Crippen LogP contribution in [0.5, 0.6) is 0 Å². The first-order valence-electron chi connectivity index (χ1n) is 24.4. The minimum absolute atomic E-state index is 0.0534. The third-order valence-electron chi connectivity index (χ3n) is 10.4. The lowest BCUT2D eigenvalue weighted by Gasteiger charge is -2.27. The Morgan fingerprint density at radius 3 is 1.63 bits per heavy atom. The fourth-order valence-electron chi connectivity index (χ4n) is 6.77.